The Kier molecular flexibility index (Phi) is 9.64. The van der Waals surface area contributed by atoms with Crippen molar-refractivity contribution in [3.05, 3.63) is 53.1 Å². The second kappa shape index (κ2) is 12.5. The van der Waals surface area contributed by atoms with Gasteiger partial charge in [-0.2, -0.15) is 0 Å². The summed E-state index contributed by atoms with van der Waals surface area (Å²) < 4.78 is 10.0. The molecule has 0 fully saturated rings. The highest BCUT2D eigenvalue weighted by Gasteiger charge is 2.20. The maximum absolute atomic E-state index is 12.9. The van der Waals surface area contributed by atoms with Gasteiger partial charge < -0.3 is 19.4 Å². The van der Waals surface area contributed by atoms with E-state index in [1.807, 2.05) is 25.2 Å². The summed E-state index contributed by atoms with van der Waals surface area (Å²) in [6.45, 7) is 1.98. The molecule has 0 aromatic heterocycles. The molecule has 0 spiro atoms. The van der Waals surface area contributed by atoms with Crippen molar-refractivity contribution in [3.63, 3.8) is 0 Å². The van der Waals surface area contributed by atoms with Gasteiger partial charge in [-0.05, 0) is 55.0 Å². The zero-order valence-corrected chi connectivity index (χ0v) is 17.6. The lowest BCUT2D eigenvalue weighted by Gasteiger charge is -2.15. The van der Waals surface area contributed by atoms with Gasteiger partial charge in [0.2, 0.25) is 6.61 Å². The van der Waals surface area contributed by atoms with Crippen molar-refractivity contribution in [2.24, 2.45) is 5.16 Å². The first-order valence-corrected chi connectivity index (χ1v) is 10.1. The number of methoxy groups -OCH3 is 1. The van der Waals surface area contributed by atoms with E-state index in [0.717, 1.165) is 24.8 Å². The van der Waals surface area contributed by atoms with Crippen LogP contribution in [0.25, 0.3) is 0 Å². The number of aromatic hydroxyl groups is 1. The van der Waals surface area contributed by atoms with E-state index >= 15 is 0 Å². The lowest BCUT2D eigenvalue weighted by atomic mass is 9.94. The second-order valence-corrected chi connectivity index (χ2v) is 6.87. The first kappa shape index (κ1) is 23.2. The third-order valence-electron chi connectivity index (χ3n) is 4.47. The molecular formula is C23H29NO6. The summed E-state index contributed by atoms with van der Waals surface area (Å²) in [5, 5.41) is 14.3. The summed E-state index contributed by atoms with van der Waals surface area (Å²) in [5.41, 5.74) is 2.30. The number of esters is 2. The number of hydrogen-bond donors (Lipinski definition) is 1. The number of rotatable bonds is 5. The van der Waals surface area contributed by atoms with Crippen LogP contribution in [0.1, 0.15) is 54.1 Å². The SMILES string of the molecule is CCCc1cc(O)cc2c1C(=O)OCC/C=C/CC/C=C/C(=N/OCC(=O)OC)C2. The molecule has 1 aromatic rings. The van der Waals surface area contributed by atoms with Crippen LogP contribution in [-0.4, -0.2) is 43.1 Å². The van der Waals surface area contributed by atoms with E-state index in [9.17, 15) is 14.7 Å². The molecule has 0 saturated heterocycles. The van der Waals surface area contributed by atoms with Crippen LogP contribution in [0.5, 0.6) is 5.75 Å². The van der Waals surface area contributed by atoms with Crippen LogP contribution in [-0.2, 0) is 31.9 Å². The van der Waals surface area contributed by atoms with Crippen LogP contribution in [0.15, 0.2) is 41.6 Å². The fourth-order valence-electron chi connectivity index (χ4n) is 3.10. The standard InChI is InChI=1S/C23H29NO6/c1-3-10-17-14-20(25)15-18-13-19(24-30-16-21(26)28-2)11-8-6-4-5-7-9-12-29-23(27)22(17)18/h5,7-8,11,14-15,25H,3-4,6,9-10,12-13,16H2,1-2H3/b7-5+,11-8+,24-19-. The molecular weight excluding hydrogens is 386 g/mol. The zero-order chi connectivity index (χ0) is 21.8. The Morgan fingerprint density at radius 3 is 2.73 bits per heavy atom. The van der Waals surface area contributed by atoms with E-state index < -0.39 is 11.9 Å². The highest BCUT2D eigenvalue weighted by atomic mass is 16.6. The zero-order valence-electron chi connectivity index (χ0n) is 17.6. The van der Waals surface area contributed by atoms with Crippen LogP contribution >= 0.6 is 0 Å². The molecule has 7 heteroatoms. The van der Waals surface area contributed by atoms with Gasteiger partial charge in [0, 0.05) is 6.42 Å². The number of hydrogen-bond acceptors (Lipinski definition) is 7. The first-order chi connectivity index (χ1) is 14.5. The molecule has 30 heavy (non-hydrogen) atoms. The minimum Gasteiger partial charge on any atom is -0.508 e. The molecule has 0 aliphatic carbocycles. The number of cyclic esters (lactones) is 1. The van der Waals surface area contributed by atoms with Gasteiger partial charge >= 0.3 is 11.9 Å². The Morgan fingerprint density at radius 2 is 1.97 bits per heavy atom. The lowest BCUT2D eigenvalue weighted by molar-refractivity contribution is -0.145. The van der Waals surface area contributed by atoms with E-state index in [4.69, 9.17) is 9.57 Å². The number of carbonyl (C=O) groups excluding carboxylic acids is 2. The monoisotopic (exact) mass is 415 g/mol. The van der Waals surface area contributed by atoms with Crippen molar-refractivity contribution in [2.45, 2.75) is 45.4 Å². The smallest absolute Gasteiger partial charge is 0.346 e. The van der Waals surface area contributed by atoms with Crippen molar-refractivity contribution in [2.75, 3.05) is 20.3 Å². The number of allylic oxidation sites excluding steroid dienone is 3. The minimum atomic E-state index is -0.541. The Hall–Kier alpha value is -3.09. The molecule has 162 valence electrons. The molecule has 0 amide bonds. The third kappa shape index (κ3) is 7.39. The van der Waals surface area contributed by atoms with E-state index in [2.05, 4.69) is 9.89 Å². The van der Waals surface area contributed by atoms with E-state index in [1.54, 1.807) is 18.2 Å². The Labute approximate surface area is 177 Å². The van der Waals surface area contributed by atoms with Crippen LogP contribution in [0.4, 0.5) is 0 Å². The normalized spacial score (nSPS) is 18.6. The number of fused-ring (bicyclic) bond motifs is 1. The van der Waals surface area contributed by atoms with E-state index in [-0.39, 0.29) is 18.8 Å². The number of nitrogens with zero attached hydrogens (tertiary/aromatic N) is 1. The molecule has 1 aromatic carbocycles. The lowest BCUT2D eigenvalue weighted by Crippen LogP contribution is -2.15. The molecule has 0 saturated carbocycles. The largest absolute Gasteiger partial charge is 0.508 e. The van der Waals surface area contributed by atoms with Crippen LogP contribution in [0, 0.1) is 0 Å². The fourth-order valence-corrected chi connectivity index (χ4v) is 3.10. The van der Waals surface area contributed by atoms with Crippen LogP contribution in [0.2, 0.25) is 0 Å². The summed E-state index contributed by atoms with van der Waals surface area (Å²) in [4.78, 5) is 29.3. The maximum atomic E-state index is 12.9. The van der Waals surface area contributed by atoms with E-state index in [0.29, 0.717) is 36.3 Å². The first-order valence-electron chi connectivity index (χ1n) is 10.1. The summed E-state index contributed by atoms with van der Waals surface area (Å²) in [5.74, 6) is -0.883. The molecule has 1 aliphatic heterocycles. The maximum Gasteiger partial charge on any atom is 0.346 e. The molecule has 0 radical (unpaired) electrons. The Balaban J connectivity index is 2.43. The molecule has 1 aliphatic rings. The van der Waals surface area contributed by atoms with Gasteiger partial charge in [-0.3, -0.25) is 0 Å². The number of oxime groups is 1. The van der Waals surface area contributed by atoms with Crippen molar-refractivity contribution >= 4 is 17.7 Å². The summed E-state index contributed by atoms with van der Waals surface area (Å²) in [7, 11) is 1.27. The van der Waals surface area contributed by atoms with Gasteiger partial charge in [0.25, 0.3) is 0 Å². The topological polar surface area (TPSA) is 94.4 Å². The Morgan fingerprint density at radius 1 is 1.20 bits per heavy atom. The average molecular weight is 415 g/mol. The van der Waals surface area contributed by atoms with Gasteiger partial charge in [0.15, 0.2) is 0 Å². The molecule has 1 heterocycles. The van der Waals surface area contributed by atoms with Gasteiger partial charge in [-0.25, -0.2) is 9.59 Å². The number of ether oxygens (including phenoxy) is 2. The molecule has 1 N–H and O–H groups in total. The highest BCUT2D eigenvalue weighted by molar-refractivity contribution is 6.00. The summed E-state index contributed by atoms with van der Waals surface area (Å²) >= 11 is 0. The predicted octanol–water partition coefficient (Wildman–Crippen LogP) is 3.89. The molecule has 7 nitrogen and oxygen atoms in total. The van der Waals surface area contributed by atoms with Crippen LogP contribution < -0.4 is 0 Å². The number of phenolic OH excluding ortho intramolecular Hbond substituents is 1. The fraction of sp³-hybridized carbons (Fsp3) is 0.435. The molecule has 0 atom stereocenters. The second-order valence-electron chi connectivity index (χ2n) is 6.87. The molecule has 0 unspecified atom stereocenters. The molecule has 0 bridgehead atoms. The van der Waals surface area contributed by atoms with Gasteiger partial charge in [-0.1, -0.05) is 36.7 Å². The Bertz CT molecular complexity index is 825. The van der Waals surface area contributed by atoms with Crippen molar-refractivity contribution in [1.82, 2.24) is 0 Å². The summed E-state index contributed by atoms with van der Waals surface area (Å²) in [6.07, 6.45) is 11.8. The predicted molar refractivity (Wildman–Crippen MR) is 114 cm³/mol. The highest BCUT2D eigenvalue weighted by Crippen LogP contribution is 2.25. The summed E-state index contributed by atoms with van der Waals surface area (Å²) in [6, 6.07) is 3.15. The number of aryl methyl sites for hydroxylation is 1. The number of benzene rings is 1. The van der Waals surface area contributed by atoms with Crippen molar-refractivity contribution in [1.29, 1.82) is 0 Å². The van der Waals surface area contributed by atoms with Gasteiger partial charge in [0.1, 0.15) is 5.75 Å². The van der Waals surface area contributed by atoms with E-state index in [1.165, 1.54) is 7.11 Å². The quantitative estimate of drug-likeness (QED) is 0.445. The van der Waals surface area contributed by atoms with Gasteiger partial charge in [0.05, 0.1) is 25.0 Å². The number of phenols is 1. The van der Waals surface area contributed by atoms with Gasteiger partial charge in [-0.15, -0.1) is 0 Å². The average Bonchev–Trinajstić information content (AvgIpc) is 2.71. The van der Waals surface area contributed by atoms with Crippen molar-refractivity contribution < 1.29 is 29.0 Å². The minimum absolute atomic E-state index is 0.0767. The third-order valence-corrected chi connectivity index (χ3v) is 4.47. The number of carbonyl (C=O) groups is 2. The van der Waals surface area contributed by atoms with Crippen molar-refractivity contribution in [3.8, 4) is 5.75 Å². The van der Waals surface area contributed by atoms with Crippen LogP contribution in [0.3, 0.4) is 0 Å². The molecule has 2 rings (SSSR count).